The maximum Gasteiger partial charge on any atom is 0.264 e. The first-order valence-corrected chi connectivity index (χ1v) is 15.1. The number of aryl methyl sites for hydroxylation is 2. The number of hydrogen-bond donors (Lipinski definition) is 3. The van der Waals surface area contributed by atoms with Crippen LogP contribution in [0.1, 0.15) is 36.2 Å². The average Bonchev–Trinajstić information content (AvgIpc) is 2.97. The summed E-state index contributed by atoms with van der Waals surface area (Å²) in [6.45, 7) is 5.38. The molecule has 4 rings (SSSR count). The van der Waals surface area contributed by atoms with E-state index in [4.69, 9.17) is 5.73 Å². The highest BCUT2D eigenvalue weighted by Crippen LogP contribution is 2.37. The van der Waals surface area contributed by atoms with E-state index in [2.05, 4.69) is 37.1 Å². The molecule has 13 heteroatoms. The topological polar surface area (TPSA) is 188 Å². The molecular formula is C29H26N8O3S2. The molecular weight excluding hydrogens is 573 g/mol. The molecule has 0 aliphatic heterocycles. The standard InChI is InChI=1S/C29H26N8O3S2/c1-4-19-5-7-20(8-6-19)25-23(15-30)26(32)36-28(24(25)16-31)41-18(3)27(38)35-21-9-11-22(12-10-21)42(39,40)37-29-33-14-13-17(2)34-29/h5-14,18H,4H2,1-3H3,(H2,32,36)(H,35,38)(H,33,34,37). The average molecular weight is 599 g/mol. The zero-order chi connectivity index (χ0) is 30.4. The van der Waals surface area contributed by atoms with Crippen molar-refractivity contribution < 1.29 is 13.2 Å². The van der Waals surface area contributed by atoms with Crippen molar-refractivity contribution in [3.8, 4) is 23.3 Å². The third kappa shape index (κ3) is 6.66. The first-order chi connectivity index (χ1) is 20.1. The molecule has 212 valence electrons. The summed E-state index contributed by atoms with van der Waals surface area (Å²) in [4.78, 5) is 25.2. The Hall–Kier alpha value is -4.98. The number of nitrogens with zero attached hydrogens (tertiary/aromatic N) is 5. The van der Waals surface area contributed by atoms with E-state index in [1.807, 2.05) is 31.2 Å². The van der Waals surface area contributed by atoms with Gasteiger partial charge < -0.3 is 11.1 Å². The quantitative estimate of drug-likeness (QED) is 0.229. The summed E-state index contributed by atoms with van der Waals surface area (Å²) in [6, 6.07) is 18.9. The Morgan fingerprint density at radius 1 is 1.02 bits per heavy atom. The van der Waals surface area contributed by atoms with Crippen LogP contribution in [0.25, 0.3) is 11.1 Å². The van der Waals surface area contributed by atoms with Crippen molar-refractivity contribution in [3.05, 3.63) is 83.2 Å². The third-order valence-corrected chi connectivity index (χ3v) is 8.61. The number of carbonyl (C=O) groups excluding carboxylic acids is 1. The van der Waals surface area contributed by atoms with Crippen LogP contribution in [0.15, 0.2) is 70.7 Å². The summed E-state index contributed by atoms with van der Waals surface area (Å²) < 4.78 is 27.7. The van der Waals surface area contributed by atoms with Gasteiger partial charge >= 0.3 is 0 Å². The summed E-state index contributed by atoms with van der Waals surface area (Å²) in [7, 11) is -3.95. The molecule has 4 N–H and O–H groups in total. The fourth-order valence-electron chi connectivity index (χ4n) is 3.94. The Kier molecular flexibility index (Phi) is 9.06. The van der Waals surface area contributed by atoms with Crippen LogP contribution in [0.4, 0.5) is 17.5 Å². The molecule has 1 atom stereocenters. The van der Waals surface area contributed by atoms with Crippen molar-refractivity contribution >= 4 is 45.1 Å². The number of anilines is 3. The molecule has 42 heavy (non-hydrogen) atoms. The predicted octanol–water partition coefficient (Wildman–Crippen LogP) is 4.66. The van der Waals surface area contributed by atoms with E-state index in [9.17, 15) is 23.7 Å². The monoisotopic (exact) mass is 598 g/mol. The molecule has 11 nitrogen and oxygen atoms in total. The van der Waals surface area contributed by atoms with Gasteiger partial charge in [-0.1, -0.05) is 43.0 Å². The number of thioether (sulfide) groups is 1. The van der Waals surface area contributed by atoms with Gasteiger partial charge in [-0.05, 0) is 61.7 Å². The summed E-state index contributed by atoms with van der Waals surface area (Å²) in [5, 5.41) is 22.0. The number of rotatable bonds is 9. The van der Waals surface area contributed by atoms with E-state index in [-0.39, 0.29) is 32.8 Å². The van der Waals surface area contributed by atoms with E-state index < -0.39 is 21.2 Å². The van der Waals surface area contributed by atoms with Gasteiger partial charge in [0.15, 0.2) is 0 Å². The molecule has 0 spiro atoms. The molecule has 0 fully saturated rings. The predicted molar refractivity (Wildman–Crippen MR) is 161 cm³/mol. The van der Waals surface area contributed by atoms with Gasteiger partial charge in [-0.2, -0.15) is 10.5 Å². The van der Waals surface area contributed by atoms with Crippen molar-refractivity contribution in [2.45, 2.75) is 42.4 Å². The maximum absolute atomic E-state index is 13.0. The van der Waals surface area contributed by atoms with Crippen LogP contribution in [-0.2, 0) is 21.2 Å². The minimum absolute atomic E-state index is 0.0385. The maximum atomic E-state index is 13.0. The van der Waals surface area contributed by atoms with E-state index >= 15 is 0 Å². The molecule has 2 heterocycles. The van der Waals surface area contributed by atoms with Gasteiger partial charge in [-0.15, -0.1) is 0 Å². The van der Waals surface area contributed by atoms with Crippen molar-refractivity contribution in [1.82, 2.24) is 15.0 Å². The minimum atomic E-state index is -3.95. The second-order valence-corrected chi connectivity index (χ2v) is 12.1. The van der Waals surface area contributed by atoms with Crippen LogP contribution >= 0.6 is 11.8 Å². The number of hydrogen-bond acceptors (Lipinski definition) is 10. The minimum Gasteiger partial charge on any atom is -0.383 e. The molecule has 1 unspecified atom stereocenters. The molecule has 2 aromatic heterocycles. The molecule has 2 aromatic carbocycles. The molecule has 0 aliphatic carbocycles. The number of nitrogen functional groups attached to an aromatic ring is 1. The van der Waals surface area contributed by atoms with Gasteiger partial charge in [0.2, 0.25) is 11.9 Å². The molecule has 4 aromatic rings. The fourth-order valence-corrected chi connectivity index (χ4v) is 5.81. The Morgan fingerprint density at radius 2 is 1.69 bits per heavy atom. The number of aromatic nitrogens is 3. The van der Waals surface area contributed by atoms with E-state index in [0.29, 0.717) is 22.5 Å². The number of carbonyl (C=O) groups is 1. The van der Waals surface area contributed by atoms with E-state index in [1.165, 1.54) is 30.5 Å². The number of nitriles is 2. The number of amides is 1. The van der Waals surface area contributed by atoms with Crippen LogP contribution in [-0.4, -0.2) is 34.5 Å². The zero-order valence-electron chi connectivity index (χ0n) is 22.9. The highest BCUT2D eigenvalue weighted by Gasteiger charge is 2.24. The van der Waals surface area contributed by atoms with Crippen LogP contribution in [0, 0.1) is 29.6 Å². The highest BCUT2D eigenvalue weighted by atomic mass is 32.2. The number of benzene rings is 2. The van der Waals surface area contributed by atoms with Crippen molar-refractivity contribution in [3.63, 3.8) is 0 Å². The van der Waals surface area contributed by atoms with E-state index in [1.54, 1.807) is 19.9 Å². The van der Waals surface area contributed by atoms with Crippen LogP contribution in [0.2, 0.25) is 0 Å². The van der Waals surface area contributed by atoms with Gasteiger partial charge in [0, 0.05) is 23.1 Å². The first kappa shape index (κ1) is 30.0. The lowest BCUT2D eigenvalue weighted by molar-refractivity contribution is -0.115. The van der Waals surface area contributed by atoms with Crippen LogP contribution in [0.3, 0.4) is 0 Å². The van der Waals surface area contributed by atoms with Gasteiger partial charge in [0.25, 0.3) is 10.0 Å². The first-order valence-electron chi connectivity index (χ1n) is 12.7. The normalized spacial score (nSPS) is 11.6. The SMILES string of the molecule is CCc1ccc(-c2c(C#N)c(N)nc(SC(C)C(=O)Nc3ccc(S(=O)(=O)Nc4nccc(C)n4)cc3)c2C#N)cc1. The Bertz CT molecular complexity index is 1830. The Balaban J connectivity index is 1.52. The summed E-state index contributed by atoms with van der Waals surface area (Å²) in [6.07, 6.45) is 2.28. The Morgan fingerprint density at radius 3 is 2.29 bits per heavy atom. The number of nitrogens with two attached hydrogens (primary N) is 1. The smallest absolute Gasteiger partial charge is 0.264 e. The molecule has 0 aliphatic rings. The summed E-state index contributed by atoms with van der Waals surface area (Å²) >= 11 is 1.03. The lowest BCUT2D eigenvalue weighted by atomic mass is 9.96. The molecule has 0 saturated carbocycles. The van der Waals surface area contributed by atoms with Crippen LogP contribution in [0.5, 0.6) is 0 Å². The molecule has 1 amide bonds. The molecule has 0 radical (unpaired) electrons. The molecule has 0 saturated heterocycles. The van der Waals surface area contributed by atoms with Crippen molar-refractivity contribution in [2.24, 2.45) is 0 Å². The largest absolute Gasteiger partial charge is 0.383 e. The van der Waals surface area contributed by atoms with Gasteiger partial charge in [0.1, 0.15) is 28.5 Å². The number of pyridine rings is 1. The third-order valence-electron chi connectivity index (χ3n) is 6.18. The van der Waals surface area contributed by atoms with Gasteiger partial charge in [-0.25, -0.2) is 28.1 Å². The molecule has 0 bridgehead atoms. The van der Waals surface area contributed by atoms with Gasteiger partial charge in [0.05, 0.1) is 15.7 Å². The fraction of sp³-hybridized carbons (Fsp3) is 0.172. The summed E-state index contributed by atoms with van der Waals surface area (Å²) in [5.74, 6) is -0.500. The lowest BCUT2D eigenvalue weighted by Crippen LogP contribution is -2.23. The number of nitrogens with one attached hydrogen (secondary N) is 2. The number of sulfonamides is 1. The highest BCUT2D eigenvalue weighted by molar-refractivity contribution is 8.00. The zero-order valence-corrected chi connectivity index (χ0v) is 24.5. The van der Waals surface area contributed by atoms with Gasteiger partial charge in [-0.3, -0.25) is 4.79 Å². The van der Waals surface area contributed by atoms with Crippen molar-refractivity contribution in [2.75, 3.05) is 15.8 Å². The second-order valence-electron chi connectivity index (χ2n) is 9.10. The summed E-state index contributed by atoms with van der Waals surface area (Å²) in [5.41, 5.74) is 9.43. The Labute approximate surface area is 247 Å². The van der Waals surface area contributed by atoms with Crippen molar-refractivity contribution in [1.29, 1.82) is 10.5 Å². The second kappa shape index (κ2) is 12.7. The van der Waals surface area contributed by atoms with E-state index in [0.717, 1.165) is 23.7 Å². The van der Waals surface area contributed by atoms with Crippen LogP contribution < -0.4 is 15.8 Å². The lowest BCUT2D eigenvalue weighted by Gasteiger charge is -2.16.